The van der Waals surface area contributed by atoms with Crippen LogP contribution in [-0.2, 0) is 0 Å². The summed E-state index contributed by atoms with van der Waals surface area (Å²) in [4.78, 5) is 8.08. The van der Waals surface area contributed by atoms with Crippen LogP contribution in [0.1, 0.15) is 5.56 Å². The first-order valence-electron chi connectivity index (χ1n) is 4.41. The fourth-order valence-corrected chi connectivity index (χ4v) is 1.70. The molecule has 0 fully saturated rings. The van der Waals surface area contributed by atoms with Crippen LogP contribution in [0.15, 0.2) is 35.2 Å². The largest absolute Gasteiger partial charge is 0.236 e. The monoisotopic (exact) mass is 266 g/mol. The van der Waals surface area contributed by atoms with Crippen molar-refractivity contribution in [1.29, 1.82) is 0 Å². The number of halogens is 2. The second kappa shape index (κ2) is 4.06. The number of benzene rings is 1. The van der Waals surface area contributed by atoms with E-state index in [0.717, 1.165) is 21.4 Å². The third-order valence-corrected chi connectivity index (χ3v) is 2.53. The van der Waals surface area contributed by atoms with Gasteiger partial charge in [0.1, 0.15) is 16.7 Å². The van der Waals surface area contributed by atoms with Gasteiger partial charge in [0.25, 0.3) is 0 Å². The Kier molecular flexibility index (Phi) is 2.77. The van der Waals surface area contributed by atoms with Crippen LogP contribution in [0, 0.1) is 12.7 Å². The maximum absolute atomic E-state index is 12.9. The maximum atomic E-state index is 12.9. The maximum Gasteiger partial charge on any atom is 0.123 e. The first-order chi connectivity index (χ1) is 7.16. The van der Waals surface area contributed by atoms with Crippen molar-refractivity contribution in [2.45, 2.75) is 6.92 Å². The van der Waals surface area contributed by atoms with E-state index in [-0.39, 0.29) is 5.82 Å². The summed E-state index contributed by atoms with van der Waals surface area (Å²) in [5, 5.41) is 0. The summed E-state index contributed by atoms with van der Waals surface area (Å²) in [5.74, 6) is -0.232. The zero-order valence-electron chi connectivity index (χ0n) is 8.04. The number of hydrogen-bond acceptors (Lipinski definition) is 2. The zero-order chi connectivity index (χ0) is 10.8. The van der Waals surface area contributed by atoms with E-state index in [1.54, 1.807) is 12.1 Å². The number of hydrogen-bond donors (Lipinski definition) is 0. The van der Waals surface area contributed by atoms with Gasteiger partial charge in [0.15, 0.2) is 0 Å². The van der Waals surface area contributed by atoms with E-state index < -0.39 is 0 Å². The fraction of sp³-hybridized carbons (Fsp3) is 0.0909. The van der Waals surface area contributed by atoms with Crippen molar-refractivity contribution >= 4 is 15.9 Å². The number of rotatable bonds is 1. The van der Waals surface area contributed by atoms with Gasteiger partial charge in [-0.15, -0.1) is 0 Å². The molecule has 0 radical (unpaired) electrons. The third-order valence-electron chi connectivity index (χ3n) is 2.10. The van der Waals surface area contributed by atoms with E-state index in [1.165, 1.54) is 18.5 Å². The van der Waals surface area contributed by atoms with Gasteiger partial charge in [-0.2, -0.15) is 0 Å². The molecule has 4 heteroatoms. The highest BCUT2D eigenvalue weighted by Crippen LogP contribution is 2.23. The predicted molar refractivity (Wildman–Crippen MR) is 59.9 cm³/mol. The minimum absolute atomic E-state index is 0.232. The minimum atomic E-state index is -0.232. The lowest BCUT2D eigenvalue weighted by atomic mass is 10.1. The second-order valence-corrected chi connectivity index (χ2v) is 4.00. The number of nitrogens with zero attached hydrogens (tertiary/aromatic N) is 2. The molecule has 1 aromatic carbocycles. The van der Waals surface area contributed by atoms with Crippen LogP contribution in [-0.4, -0.2) is 9.97 Å². The molecule has 0 saturated carbocycles. The molecule has 2 nitrogen and oxygen atoms in total. The minimum Gasteiger partial charge on any atom is -0.236 e. The average Bonchev–Trinajstić information content (AvgIpc) is 2.17. The van der Waals surface area contributed by atoms with Crippen LogP contribution >= 0.6 is 15.9 Å². The SMILES string of the molecule is Cc1cc(F)ccc1-c1cc(Br)ncn1. The van der Waals surface area contributed by atoms with E-state index in [1.807, 2.05) is 6.92 Å². The van der Waals surface area contributed by atoms with Crippen molar-refractivity contribution in [3.05, 3.63) is 46.6 Å². The highest BCUT2D eigenvalue weighted by Gasteiger charge is 2.04. The molecule has 2 aromatic rings. The van der Waals surface area contributed by atoms with Gasteiger partial charge < -0.3 is 0 Å². The predicted octanol–water partition coefficient (Wildman–Crippen LogP) is 3.35. The quantitative estimate of drug-likeness (QED) is 0.740. The number of aryl methyl sites for hydroxylation is 1. The Morgan fingerprint density at radius 1 is 1.20 bits per heavy atom. The molecule has 76 valence electrons. The van der Waals surface area contributed by atoms with Gasteiger partial charge in [0.05, 0.1) is 5.69 Å². The summed E-state index contributed by atoms with van der Waals surface area (Å²) in [6.07, 6.45) is 1.47. The van der Waals surface area contributed by atoms with E-state index >= 15 is 0 Å². The molecule has 1 heterocycles. The molecule has 2 rings (SSSR count). The summed E-state index contributed by atoms with van der Waals surface area (Å²) >= 11 is 3.27. The molecule has 1 aromatic heterocycles. The average molecular weight is 267 g/mol. The normalized spacial score (nSPS) is 10.3. The summed E-state index contributed by atoms with van der Waals surface area (Å²) in [5.41, 5.74) is 2.56. The van der Waals surface area contributed by atoms with Crippen molar-refractivity contribution in [2.75, 3.05) is 0 Å². The van der Waals surface area contributed by atoms with Gasteiger partial charge in [0, 0.05) is 5.56 Å². The second-order valence-electron chi connectivity index (χ2n) is 3.19. The lowest BCUT2D eigenvalue weighted by molar-refractivity contribution is 0.627. The van der Waals surface area contributed by atoms with Gasteiger partial charge in [-0.05, 0) is 52.7 Å². The molecule has 0 bridgehead atoms. The molecule has 0 spiro atoms. The fourth-order valence-electron chi connectivity index (χ4n) is 1.40. The molecule has 0 atom stereocenters. The highest BCUT2D eigenvalue weighted by atomic mass is 79.9. The van der Waals surface area contributed by atoms with E-state index in [0.29, 0.717) is 0 Å². The molecule has 0 N–H and O–H groups in total. The summed E-state index contributed by atoms with van der Waals surface area (Å²) in [6, 6.07) is 6.45. The van der Waals surface area contributed by atoms with Gasteiger partial charge in [-0.3, -0.25) is 0 Å². The molecule has 0 aliphatic rings. The van der Waals surface area contributed by atoms with Crippen LogP contribution in [0.4, 0.5) is 4.39 Å². The first-order valence-corrected chi connectivity index (χ1v) is 5.20. The van der Waals surface area contributed by atoms with E-state index in [2.05, 4.69) is 25.9 Å². The molecule has 0 saturated heterocycles. The van der Waals surface area contributed by atoms with Crippen molar-refractivity contribution < 1.29 is 4.39 Å². The summed E-state index contributed by atoms with van der Waals surface area (Å²) < 4.78 is 13.6. The lowest BCUT2D eigenvalue weighted by Crippen LogP contribution is -1.89. The standard InChI is InChI=1S/C11H8BrFN2/c1-7-4-8(13)2-3-9(7)10-5-11(12)15-6-14-10/h2-6H,1H3. The Balaban J connectivity index is 2.54. The van der Waals surface area contributed by atoms with Crippen molar-refractivity contribution in [1.82, 2.24) is 9.97 Å². The molecular formula is C11H8BrFN2. The molecule has 0 aliphatic carbocycles. The molecule has 15 heavy (non-hydrogen) atoms. The third kappa shape index (κ3) is 2.21. The highest BCUT2D eigenvalue weighted by molar-refractivity contribution is 9.10. The van der Waals surface area contributed by atoms with Gasteiger partial charge in [-0.1, -0.05) is 0 Å². The Hall–Kier alpha value is -1.29. The van der Waals surface area contributed by atoms with E-state index in [4.69, 9.17) is 0 Å². The smallest absolute Gasteiger partial charge is 0.123 e. The van der Waals surface area contributed by atoms with Crippen LogP contribution in [0.3, 0.4) is 0 Å². The van der Waals surface area contributed by atoms with Crippen molar-refractivity contribution in [3.8, 4) is 11.3 Å². The molecule has 0 amide bonds. The summed E-state index contributed by atoms with van der Waals surface area (Å²) in [6.45, 7) is 1.86. The Labute approximate surface area is 95.3 Å². The van der Waals surface area contributed by atoms with Crippen LogP contribution < -0.4 is 0 Å². The molecular weight excluding hydrogens is 259 g/mol. The topological polar surface area (TPSA) is 25.8 Å². The van der Waals surface area contributed by atoms with Gasteiger partial charge in [-0.25, -0.2) is 14.4 Å². The van der Waals surface area contributed by atoms with Crippen LogP contribution in [0.25, 0.3) is 11.3 Å². The molecule has 0 aliphatic heterocycles. The molecule has 0 unspecified atom stereocenters. The van der Waals surface area contributed by atoms with Crippen molar-refractivity contribution in [2.24, 2.45) is 0 Å². The number of aromatic nitrogens is 2. The van der Waals surface area contributed by atoms with Gasteiger partial charge in [0.2, 0.25) is 0 Å². The van der Waals surface area contributed by atoms with Gasteiger partial charge >= 0.3 is 0 Å². The van der Waals surface area contributed by atoms with E-state index in [9.17, 15) is 4.39 Å². The Morgan fingerprint density at radius 2 is 2.00 bits per heavy atom. The Bertz CT molecular complexity index is 500. The van der Waals surface area contributed by atoms with Crippen molar-refractivity contribution in [3.63, 3.8) is 0 Å². The zero-order valence-corrected chi connectivity index (χ0v) is 9.62. The van der Waals surface area contributed by atoms with Crippen LogP contribution in [0.2, 0.25) is 0 Å². The summed E-state index contributed by atoms with van der Waals surface area (Å²) in [7, 11) is 0. The lowest BCUT2D eigenvalue weighted by Gasteiger charge is -2.04. The first kappa shape index (κ1) is 10.2. The van der Waals surface area contributed by atoms with Crippen LogP contribution in [0.5, 0.6) is 0 Å². The Morgan fingerprint density at radius 3 is 2.67 bits per heavy atom.